The third-order valence-electron chi connectivity index (χ3n) is 10.3. The molecule has 0 amide bonds. The van der Waals surface area contributed by atoms with Gasteiger partial charge in [-0.2, -0.15) is 0 Å². The van der Waals surface area contributed by atoms with Gasteiger partial charge in [0.05, 0.1) is 6.33 Å². The molecule has 0 saturated carbocycles. The fourth-order valence-electron chi connectivity index (χ4n) is 7.41. The number of rotatable bonds is 33. The molecule has 0 spiro atoms. The average molecular weight is 621 g/mol. The Balaban J connectivity index is 1.66. The Kier molecular flexibility index (Phi) is 26.2. The Bertz CT molecular complexity index is 829. The van der Waals surface area contributed by atoms with Crippen LogP contribution in [0.5, 0.6) is 0 Å². The van der Waals surface area contributed by atoms with Crippen molar-refractivity contribution in [1.82, 2.24) is 9.55 Å². The number of benzene rings is 1. The maximum atomic E-state index is 4.48. The van der Waals surface area contributed by atoms with E-state index in [0.717, 1.165) is 0 Å². The fourth-order valence-corrected chi connectivity index (χ4v) is 7.41. The van der Waals surface area contributed by atoms with Crippen LogP contribution in [-0.4, -0.2) is 9.55 Å². The Morgan fingerprint density at radius 3 is 1.29 bits per heavy atom. The molecule has 0 bridgehead atoms. The minimum Gasteiger partial charge on any atom is -0.334 e. The second kappa shape index (κ2) is 29.8. The predicted molar refractivity (Wildman–Crippen MR) is 200 cm³/mol. The van der Waals surface area contributed by atoms with E-state index in [4.69, 9.17) is 0 Å². The summed E-state index contributed by atoms with van der Waals surface area (Å²) in [5.41, 5.74) is 1.50. The molecule has 0 saturated heterocycles. The molecular formula is C43H76N2. The average Bonchev–Trinajstić information content (AvgIpc) is 3.60. The lowest BCUT2D eigenvalue weighted by Gasteiger charge is -2.29. The number of hydrogen-bond acceptors (Lipinski definition) is 1. The number of aromatic nitrogens is 2. The van der Waals surface area contributed by atoms with Gasteiger partial charge < -0.3 is 4.57 Å². The van der Waals surface area contributed by atoms with Crippen molar-refractivity contribution < 1.29 is 0 Å². The molecule has 2 atom stereocenters. The molecule has 0 aliphatic carbocycles. The van der Waals surface area contributed by atoms with E-state index >= 15 is 0 Å². The highest BCUT2D eigenvalue weighted by Crippen LogP contribution is 2.32. The number of nitrogens with zero attached hydrogens (tertiary/aromatic N) is 2. The first-order chi connectivity index (χ1) is 22.3. The van der Waals surface area contributed by atoms with Crippen LogP contribution >= 0.6 is 0 Å². The topological polar surface area (TPSA) is 17.8 Å². The highest BCUT2D eigenvalue weighted by Gasteiger charge is 2.23. The van der Waals surface area contributed by atoms with Gasteiger partial charge in [0.15, 0.2) is 0 Å². The van der Waals surface area contributed by atoms with Crippen LogP contribution in [0.25, 0.3) is 0 Å². The maximum absolute atomic E-state index is 4.48. The van der Waals surface area contributed by atoms with Gasteiger partial charge in [0.1, 0.15) is 0 Å². The zero-order valence-electron chi connectivity index (χ0n) is 30.4. The number of imidazole rings is 1. The summed E-state index contributed by atoms with van der Waals surface area (Å²) in [6.45, 7) is 4.62. The molecule has 0 fully saturated rings. The van der Waals surface area contributed by atoms with Crippen LogP contribution in [0.4, 0.5) is 0 Å². The van der Waals surface area contributed by atoms with Crippen LogP contribution in [-0.2, 0) is 6.42 Å². The van der Waals surface area contributed by atoms with Gasteiger partial charge in [0.25, 0.3) is 0 Å². The van der Waals surface area contributed by atoms with Crippen molar-refractivity contribution >= 4 is 0 Å². The molecule has 1 aromatic carbocycles. The second-order valence-electron chi connectivity index (χ2n) is 14.4. The third kappa shape index (κ3) is 21.8. The van der Waals surface area contributed by atoms with E-state index in [9.17, 15) is 0 Å². The predicted octanol–water partition coefficient (Wildman–Crippen LogP) is 14.6. The van der Waals surface area contributed by atoms with E-state index in [0.29, 0.717) is 12.0 Å². The minimum absolute atomic E-state index is 0.572. The van der Waals surface area contributed by atoms with Crippen molar-refractivity contribution in [1.29, 1.82) is 0 Å². The normalized spacial score (nSPS) is 12.9. The Morgan fingerprint density at radius 2 is 0.889 bits per heavy atom. The van der Waals surface area contributed by atoms with E-state index in [1.165, 1.54) is 198 Å². The van der Waals surface area contributed by atoms with Crippen LogP contribution in [0.1, 0.15) is 212 Å². The molecule has 2 rings (SSSR count). The van der Waals surface area contributed by atoms with E-state index < -0.39 is 0 Å². The van der Waals surface area contributed by atoms with Crippen molar-refractivity contribution in [2.75, 3.05) is 0 Å². The highest BCUT2D eigenvalue weighted by atomic mass is 15.1. The molecule has 2 unspecified atom stereocenters. The van der Waals surface area contributed by atoms with Gasteiger partial charge in [-0.25, -0.2) is 4.98 Å². The molecule has 0 radical (unpaired) electrons. The Hall–Kier alpha value is -1.57. The minimum atomic E-state index is 0.572. The maximum Gasteiger partial charge on any atom is 0.0948 e. The van der Waals surface area contributed by atoms with E-state index in [2.05, 4.69) is 66.3 Å². The van der Waals surface area contributed by atoms with E-state index in [-0.39, 0.29) is 0 Å². The summed E-state index contributed by atoms with van der Waals surface area (Å²) in [5, 5.41) is 0. The van der Waals surface area contributed by atoms with Gasteiger partial charge in [-0.1, -0.05) is 218 Å². The highest BCUT2D eigenvalue weighted by molar-refractivity contribution is 5.15. The SMILES string of the molecule is CCCCCCCCCCCCCCCCCC(Cc1ccccc1)C(CCCCCCCCCCCCCC)n1ccnc1. The van der Waals surface area contributed by atoms with Crippen molar-refractivity contribution in [3.8, 4) is 0 Å². The molecule has 1 aromatic heterocycles. The zero-order chi connectivity index (χ0) is 31.9. The van der Waals surface area contributed by atoms with Crippen molar-refractivity contribution in [2.45, 2.75) is 213 Å². The molecule has 0 N–H and O–H groups in total. The summed E-state index contributed by atoms with van der Waals surface area (Å²) < 4.78 is 2.46. The first kappa shape index (κ1) is 39.6. The number of unbranched alkanes of at least 4 members (excludes halogenated alkanes) is 25. The van der Waals surface area contributed by atoms with E-state index in [1.54, 1.807) is 0 Å². The molecule has 0 aliphatic heterocycles. The standard InChI is InChI=1S/C43H76N2/c1-3-5-7-9-11-13-15-17-18-19-20-22-24-26-31-35-42(39-41-33-29-28-30-34-41)43(45-38-37-44-40-45)36-32-27-25-23-21-16-14-12-10-8-6-4-2/h28-30,33-34,37-38,40,42-43H,3-27,31-32,35-36,39H2,1-2H3. The summed E-state index contributed by atoms with van der Waals surface area (Å²) >= 11 is 0. The van der Waals surface area contributed by atoms with Crippen molar-refractivity contribution in [3.05, 3.63) is 54.6 Å². The van der Waals surface area contributed by atoms with Crippen molar-refractivity contribution in [3.63, 3.8) is 0 Å². The molecule has 2 aromatic rings. The van der Waals surface area contributed by atoms with Crippen LogP contribution < -0.4 is 0 Å². The third-order valence-corrected chi connectivity index (χ3v) is 10.3. The van der Waals surface area contributed by atoms with Crippen LogP contribution in [0.2, 0.25) is 0 Å². The van der Waals surface area contributed by atoms with Gasteiger partial charge in [-0.15, -0.1) is 0 Å². The van der Waals surface area contributed by atoms with Gasteiger partial charge in [0, 0.05) is 18.4 Å². The Morgan fingerprint density at radius 1 is 0.489 bits per heavy atom. The molecule has 2 nitrogen and oxygen atoms in total. The van der Waals surface area contributed by atoms with Gasteiger partial charge in [-0.05, 0) is 30.7 Å². The second-order valence-corrected chi connectivity index (χ2v) is 14.4. The first-order valence-electron chi connectivity index (χ1n) is 20.4. The lowest BCUT2D eigenvalue weighted by atomic mass is 9.84. The number of hydrogen-bond donors (Lipinski definition) is 0. The zero-order valence-corrected chi connectivity index (χ0v) is 30.4. The Labute approximate surface area is 282 Å². The van der Waals surface area contributed by atoms with Crippen LogP contribution in [0, 0.1) is 5.92 Å². The quantitative estimate of drug-likeness (QED) is 0.0726. The molecule has 258 valence electrons. The lowest BCUT2D eigenvalue weighted by Crippen LogP contribution is -2.21. The van der Waals surface area contributed by atoms with Crippen molar-refractivity contribution in [2.24, 2.45) is 5.92 Å². The summed E-state index contributed by atoms with van der Waals surface area (Å²) in [4.78, 5) is 4.48. The lowest BCUT2D eigenvalue weighted by molar-refractivity contribution is 0.275. The van der Waals surface area contributed by atoms with Gasteiger partial charge in [-0.3, -0.25) is 0 Å². The molecule has 1 heterocycles. The summed E-state index contributed by atoms with van der Waals surface area (Å²) in [6, 6.07) is 11.9. The molecule has 45 heavy (non-hydrogen) atoms. The van der Waals surface area contributed by atoms with Gasteiger partial charge in [0.2, 0.25) is 0 Å². The summed E-state index contributed by atoms with van der Waals surface area (Å²) in [7, 11) is 0. The first-order valence-corrected chi connectivity index (χ1v) is 20.4. The largest absolute Gasteiger partial charge is 0.334 e. The van der Waals surface area contributed by atoms with Gasteiger partial charge >= 0.3 is 0 Å². The fraction of sp³-hybridized carbons (Fsp3) is 0.791. The summed E-state index contributed by atoms with van der Waals surface area (Å²) in [6.07, 6.45) is 48.7. The molecule has 2 heteroatoms. The molecule has 0 aliphatic rings. The summed E-state index contributed by atoms with van der Waals surface area (Å²) in [5.74, 6) is 0.691. The monoisotopic (exact) mass is 621 g/mol. The van der Waals surface area contributed by atoms with Crippen LogP contribution in [0.3, 0.4) is 0 Å². The smallest absolute Gasteiger partial charge is 0.0948 e. The molecular weight excluding hydrogens is 544 g/mol. The van der Waals surface area contributed by atoms with E-state index in [1.807, 2.05) is 6.20 Å². The van der Waals surface area contributed by atoms with Crippen LogP contribution in [0.15, 0.2) is 49.1 Å².